The summed E-state index contributed by atoms with van der Waals surface area (Å²) in [5.74, 6) is 3.72. The van der Waals surface area contributed by atoms with Crippen molar-refractivity contribution in [2.24, 2.45) is 0 Å². The fraction of sp³-hybridized carbons (Fsp3) is 0.562. The molecule has 23 heavy (non-hydrogen) atoms. The molecule has 7 heteroatoms. The number of nitrogens with zero attached hydrogens (tertiary/aromatic N) is 4. The minimum atomic E-state index is 0.0580. The van der Waals surface area contributed by atoms with E-state index in [-0.39, 0.29) is 5.91 Å². The maximum absolute atomic E-state index is 12.3. The largest absolute Gasteiger partial charge is 0.464 e. The highest BCUT2D eigenvalue weighted by molar-refractivity contribution is 7.99. The molecule has 0 radical (unpaired) electrons. The van der Waals surface area contributed by atoms with Gasteiger partial charge in [0.1, 0.15) is 17.3 Å². The Balaban J connectivity index is 1.56. The van der Waals surface area contributed by atoms with Gasteiger partial charge >= 0.3 is 0 Å². The fourth-order valence-corrected chi connectivity index (χ4v) is 3.43. The maximum Gasteiger partial charge on any atom is 0.233 e. The van der Waals surface area contributed by atoms with Crippen LogP contribution >= 0.6 is 11.8 Å². The summed E-state index contributed by atoms with van der Waals surface area (Å²) in [7, 11) is 1.79. The first kappa shape index (κ1) is 16.1. The van der Waals surface area contributed by atoms with Crippen molar-refractivity contribution >= 4 is 17.7 Å². The highest BCUT2D eigenvalue weighted by atomic mass is 32.2. The molecule has 0 aromatic carbocycles. The van der Waals surface area contributed by atoms with Crippen molar-refractivity contribution in [1.29, 1.82) is 0 Å². The maximum atomic E-state index is 12.3. The Morgan fingerprint density at radius 3 is 2.83 bits per heavy atom. The number of aryl methyl sites for hydroxylation is 1. The van der Waals surface area contributed by atoms with Crippen molar-refractivity contribution in [2.75, 3.05) is 12.8 Å². The predicted molar refractivity (Wildman–Crippen MR) is 88.3 cm³/mol. The van der Waals surface area contributed by atoms with E-state index in [1.807, 2.05) is 19.1 Å². The second-order valence-electron chi connectivity index (χ2n) is 5.91. The van der Waals surface area contributed by atoms with Crippen LogP contribution in [0.5, 0.6) is 0 Å². The monoisotopic (exact) mass is 334 g/mol. The molecule has 0 bridgehead atoms. The summed E-state index contributed by atoms with van der Waals surface area (Å²) in [4.78, 5) is 14.0. The van der Waals surface area contributed by atoms with Gasteiger partial charge in [-0.2, -0.15) is 0 Å². The van der Waals surface area contributed by atoms with E-state index in [1.54, 1.807) is 11.9 Å². The van der Waals surface area contributed by atoms with Crippen molar-refractivity contribution in [1.82, 2.24) is 19.7 Å². The number of furan rings is 1. The zero-order chi connectivity index (χ0) is 16.4. The highest BCUT2D eigenvalue weighted by Gasteiger charge is 2.30. The number of aromatic nitrogens is 3. The molecule has 0 N–H and O–H groups in total. The molecule has 0 unspecified atom stereocenters. The van der Waals surface area contributed by atoms with Crippen molar-refractivity contribution in [3.8, 4) is 0 Å². The normalized spacial score (nSPS) is 14.2. The fourth-order valence-electron chi connectivity index (χ4n) is 2.48. The SMILES string of the molecule is CCn1c(SCC(=O)N(C)Cc2ccc(C)o2)nnc1C1CC1. The first-order valence-corrected chi connectivity index (χ1v) is 8.92. The number of thioether (sulfide) groups is 1. The van der Waals surface area contributed by atoms with E-state index in [9.17, 15) is 4.79 Å². The van der Waals surface area contributed by atoms with Crippen molar-refractivity contribution in [2.45, 2.75) is 50.9 Å². The minimum Gasteiger partial charge on any atom is -0.464 e. The summed E-state index contributed by atoms with van der Waals surface area (Å²) in [6, 6.07) is 3.81. The van der Waals surface area contributed by atoms with Crippen LogP contribution in [-0.4, -0.2) is 38.4 Å². The summed E-state index contributed by atoms with van der Waals surface area (Å²) in [5, 5.41) is 9.39. The standard InChI is InChI=1S/C16H22N4O2S/c1-4-20-15(12-6-7-12)17-18-16(20)23-10-14(21)19(3)9-13-8-5-11(2)22-13/h5,8,12H,4,6-7,9-10H2,1-3H3. The third-order valence-corrected chi connectivity index (χ3v) is 4.90. The molecule has 124 valence electrons. The van der Waals surface area contributed by atoms with E-state index in [2.05, 4.69) is 21.7 Å². The number of rotatable bonds is 7. The van der Waals surface area contributed by atoms with Gasteiger partial charge in [0, 0.05) is 19.5 Å². The second kappa shape index (κ2) is 6.78. The molecule has 6 nitrogen and oxygen atoms in total. The second-order valence-corrected chi connectivity index (χ2v) is 6.85. The lowest BCUT2D eigenvalue weighted by molar-refractivity contribution is -0.127. The van der Waals surface area contributed by atoms with E-state index in [0.29, 0.717) is 18.2 Å². The quantitative estimate of drug-likeness (QED) is 0.729. The molecule has 1 saturated carbocycles. The molecule has 2 heterocycles. The summed E-state index contributed by atoms with van der Waals surface area (Å²) in [6.07, 6.45) is 2.40. The Kier molecular flexibility index (Phi) is 4.75. The van der Waals surface area contributed by atoms with Gasteiger partial charge in [-0.05, 0) is 38.8 Å². The van der Waals surface area contributed by atoms with Gasteiger partial charge in [-0.15, -0.1) is 10.2 Å². The van der Waals surface area contributed by atoms with Gasteiger partial charge in [0.05, 0.1) is 12.3 Å². The Hall–Kier alpha value is -1.76. The Bertz CT molecular complexity index is 690. The van der Waals surface area contributed by atoms with Crippen LogP contribution in [0.1, 0.15) is 43.0 Å². The number of amides is 1. The zero-order valence-electron chi connectivity index (χ0n) is 13.8. The van der Waals surface area contributed by atoms with Crippen molar-refractivity contribution in [3.63, 3.8) is 0 Å². The lowest BCUT2D eigenvalue weighted by Crippen LogP contribution is -2.27. The molecular weight excluding hydrogens is 312 g/mol. The topological polar surface area (TPSA) is 64.2 Å². The summed E-state index contributed by atoms with van der Waals surface area (Å²) in [5.41, 5.74) is 0. The molecule has 1 aliphatic carbocycles. The van der Waals surface area contributed by atoms with Gasteiger partial charge in [-0.25, -0.2) is 0 Å². The molecule has 1 fully saturated rings. The van der Waals surface area contributed by atoms with Crippen LogP contribution in [0.25, 0.3) is 0 Å². The molecule has 1 amide bonds. The lowest BCUT2D eigenvalue weighted by Gasteiger charge is -2.15. The number of hydrogen-bond donors (Lipinski definition) is 0. The number of hydrogen-bond acceptors (Lipinski definition) is 5. The molecule has 0 spiro atoms. The number of carbonyl (C=O) groups is 1. The Morgan fingerprint density at radius 1 is 1.43 bits per heavy atom. The first-order chi connectivity index (χ1) is 11.1. The average molecular weight is 334 g/mol. The van der Waals surface area contributed by atoms with Gasteiger partial charge in [-0.3, -0.25) is 4.79 Å². The molecule has 0 saturated heterocycles. The van der Waals surface area contributed by atoms with Crippen LogP contribution in [0.4, 0.5) is 0 Å². The zero-order valence-corrected chi connectivity index (χ0v) is 14.6. The van der Waals surface area contributed by atoms with E-state index < -0.39 is 0 Å². The van der Waals surface area contributed by atoms with Gasteiger partial charge in [0.15, 0.2) is 5.16 Å². The molecule has 0 aliphatic heterocycles. The third kappa shape index (κ3) is 3.77. The predicted octanol–water partition coefficient (Wildman–Crippen LogP) is 2.83. The molecular formula is C16H22N4O2S. The smallest absolute Gasteiger partial charge is 0.233 e. The average Bonchev–Trinajstić information content (AvgIpc) is 3.17. The van der Waals surface area contributed by atoms with Crippen LogP contribution < -0.4 is 0 Å². The van der Waals surface area contributed by atoms with E-state index in [0.717, 1.165) is 29.0 Å². The van der Waals surface area contributed by atoms with Crippen LogP contribution in [0.3, 0.4) is 0 Å². The van der Waals surface area contributed by atoms with E-state index in [1.165, 1.54) is 24.6 Å². The van der Waals surface area contributed by atoms with Gasteiger partial charge in [0.2, 0.25) is 5.91 Å². The number of carbonyl (C=O) groups excluding carboxylic acids is 1. The first-order valence-electron chi connectivity index (χ1n) is 7.93. The molecule has 2 aromatic heterocycles. The van der Waals surface area contributed by atoms with Gasteiger partial charge < -0.3 is 13.9 Å². The van der Waals surface area contributed by atoms with Gasteiger partial charge in [-0.1, -0.05) is 11.8 Å². The highest BCUT2D eigenvalue weighted by Crippen LogP contribution is 2.39. The Labute approximate surface area is 140 Å². The molecule has 0 atom stereocenters. The Morgan fingerprint density at radius 2 is 2.22 bits per heavy atom. The molecule has 1 aliphatic rings. The lowest BCUT2D eigenvalue weighted by atomic mass is 10.4. The van der Waals surface area contributed by atoms with E-state index >= 15 is 0 Å². The summed E-state index contributed by atoms with van der Waals surface area (Å²) in [6.45, 7) is 5.32. The van der Waals surface area contributed by atoms with E-state index in [4.69, 9.17) is 4.42 Å². The minimum absolute atomic E-state index is 0.0580. The van der Waals surface area contributed by atoms with Crippen molar-refractivity contribution < 1.29 is 9.21 Å². The van der Waals surface area contributed by atoms with Gasteiger partial charge in [0.25, 0.3) is 0 Å². The summed E-state index contributed by atoms with van der Waals surface area (Å²) >= 11 is 1.46. The van der Waals surface area contributed by atoms with Crippen LogP contribution in [-0.2, 0) is 17.9 Å². The van der Waals surface area contributed by atoms with Crippen LogP contribution in [0.15, 0.2) is 21.7 Å². The van der Waals surface area contributed by atoms with Crippen molar-refractivity contribution in [3.05, 3.63) is 29.5 Å². The van der Waals surface area contributed by atoms with Crippen LogP contribution in [0.2, 0.25) is 0 Å². The molecule has 3 rings (SSSR count). The summed E-state index contributed by atoms with van der Waals surface area (Å²) < 4.78 is 7.64. The van der Waals surface area contributed by atoms with Crippen LogP contribution in [0, 0.1) is 6.92 Å². The molecule has 2 aromatic rings. The third-order valence-electron chi connectivity index (χ3n) is 3.94.